The van der Waals surface area contributed by atoms with E-state index in [-0.39, 0.29) is 28.8 Å². The predicted octanol–water partition coefficient (Wildman–Crippen LogP) is 3.67. The van der Waals surface area contributed by atoms with Crippen molar-refractivity contribution >= 4 is 17.3 Å². The van der Waals surface area contributed by atoms with Gasteiger partial charge in [0.15, 0.2) is 11.6 Å². The standard InChI is InChI=1S/C13H9ClFNO4/c14-9-2-3-11(16(18)19)13(6-9)20-12-4-1-8(7-17)5-10(12)15/h1-6,17H,7H2. The molecule has 0 saturated heterocycles. The maximum Gasteiger partial charge on any atom is 0.311 e. The van der Waals surface area contributed by atoms with Gasteiger partial charge in [-0.15, -0.1) is 0 Å². The lowest BCUT2D eigenvalue weighted by atomic mass is 10.2. The van der Waals surface area contributed by atoms with Crippen LogP contribution in [0.1, 0.15) is 5.56 Å². The van der Waals surface area contributed by atoms with Gasteiger partial charge in [0.1, 0.15) is 0 Å². The number of hydrogen-bond donors (Lipinski definition) is 1. The van der Waals surface area contributed by atoms with Crippen molar-refractivity contribution in [3.8, 4) is 11.5 Å². The van der Waals surface area contributed by atoms with Crippen molar-refractivity contribution < 1.29 is 19.2 Å². The molecule has 1 N–H and O–H groups in total. The van der Waals surface area contributed by atoms with Crippen molar-refractivity contribution in [3.05, 3.63) is 62.9 Å². The minimum absolute atomic E-state index is 0.154. The molecule has 5 nitrogen and oxygen atoms in total. The van der Waals surface area contributed by atoms with Crippen LogP contribution in [0.3, 0.4) is 0 Å². The first-order chi connectivity index (χ1) is 9.51. The van der Waals surface area contributed by atoms with Crippen molar-refractivity contribution in [2.24, 2.45) is 0 Å². The Labute approximate surface area is 118 Å². The molecular formula is C13H9ClFNO4. The molecule has 20 heavy (non-hydrogen) atoms. The highest BCUT2D eigenvalue weighted by Crippen LogP contribution is 2.34. The lowest BCUT2D eigenvalue weighted by molar-refractivity contribution is -0.385. The Morgan fingerprint density at radius 1 is 1.25 bits per heavy atom. The van der Waals surface area contributed by atoms with Crippen molar-refractivity contribution in [2.75, 3.05) is 0 Å². The van der Waals surface area contributed by atoms with Gasteiger partial charge < -0.3 is 9.84 Å². The van der Waals surface area contributed by atoms with Crippen LogP contribution in [0.5, 0.6) is 11.5 Å². The van der Waals surface area contributed by atoms with Crippen LogP contribution in [0.4, 0.5) is 10.1 Å². The van der Waals surface area contributed by atoms with Gasteiger partial charge in [0, 0.05) is 17.2 Å². The maximum absolute atomic E-state index is 13.7. The van der Waals surface area contributed by atoms with Crippen LogP contribution in [0.2, 0.25) is 5.02 Å². The summed E-state index contributed by atoms with van der Waals surface area (Å²) in [6, 6.07) is 7.58. The van der Waals surface area contributed by atoms with Crippen molar-refractivity contribution in [3.63, 3.8) is 0 Å². The molecule has 2 rings (SSSR count). The summed E-state index contributed by atoms with van der Waals surface area (Å²) in [5.41, 5.74) is 0.0514. The Bertz CT molecular complexity index is 663. The van der Waals surface area contributed by atoms with Crippen LogP contribution in [-0.4, -0.2) is 10.0 Å². The summed E-state index contributed by atoms with van der Waals surface area (Å²) in [7, 11) is 0. The molecule has 0 bridgehead atoms. The van der Waals surface area contributed by atoms with Crippen molar-refractivity contribution in [1.29, 1.82) is 0 Å². The van der Waals surface area contributed by atoms with Gasteiger partial charge in [-0.05, 0) is 23.8 Å². The number of aliphatic hydroxyl groups excluding tert-OH is 1. The Hall–Kier alpha value is -2.18. The van der Waals surface area contributed by atoms with Gasteiger partial charge >= 0.3 is 5.69 Å². The zero-order valence-corrected chi connectivity index (χ0v) is 10.8. The largest absolute Gasteiger partial charge is 0.447 e. The molecule has 0 fully saturated rings. The number of hydrogen-bond acceptors (Lipinski definition) is 4. The number of halogens is 2. The van der Waals surface area contributed by atoms with Gasteiger partial charge in [0.25, 0.3) is 0 Å². The summed E-state index contributed by atoms with van der Waals surface area (Å²) in [5.74, 6) is -1.07. The summed E-state index contributed by atoms with van der Waals surface area (Å²) >= 11 is 5.75. The Morgan fingerprint density at radius 2 is 2.00 bits per heavy atom. The number of ether oxygens (including phenoxy) is 1. The molecule has 0 aliphatic carbocycles. The fourth-order valence-corrected chi connectivity index (χ4v) is 1.73. The van der Waals surface area contributed by atoms with E-state index in [0.29, 0.717) is 5.56 Å². The predicted molar refractivity (Wildman–Crippen MR) is 70.5 cm³/mol. The number of nitro groups is 1. The topological polar surface area (TPSA) is 72.6 Å². The molecule has 0 aromatic heterocycles. The summed E-state index contributed by atoms with van der Waals surface area (Å²) in [6.07, 6.45) is 0. The van der Waals surface area contributed by atoms with Crippen LogP contribution in [-0.2, 0) is 6.61 Å². The second kappa shape index (κ2) is 5.85. The first-order valence-electron chi connectivity index (χ1n) is 5.52. The molecule has 0 saturated carbocycles. The number of nitro benzene ring substituents is 1. The molecular weight excluding hydrogens is 289 g/mol. The molecule has 2 aromatic carbocycles. The van der Waals surface area contributed by atoms with E-state index in [0.717, 1.165) is 6.07 Å². The number of aliphatic hydroxyl groups is 1. The third-order valence-corrected chi connectivity index (χ3v) is 2.75. The second-order valence-corrected chi connectivity index (χ2v) is 4.33. The van der Waals surface area contributed by atoms with Gasteiger partial charge in [0.05, 0.1) is 11.5 Å². The average molecular weight is 298 g/mol. The van der Waals surface area contributed by atoms with Gasteiger partial charge in [-0.25, -0.2) is 4.39 Å². The number of rotatable bonds is 4. The highest BCUT2D eigenvalue weighted by atomic mass is 35.5. The highest BCUT2D eigenvalue weighted by Gasteiger charge is 2.17. The van der Waals surface area contributed by atoms with Crippen LogP contribution in [0.25, 0.3) is 0 Å². The summed E-state index contributed by atoms with van der Waals surface area (Å²) in [6.45, 7) is -0.311. The Kier molecular flexibility index (Phi) is 4.16. The van der Waals surface area contributed by atoms with E-state index in [4.69, 9.17) is 21.4 Å². The van der Waals surface area contributed by atoms with Gasteiger partial charge in [-0.2, -0.15) is 0 Å². The van der Waals surface area contributed by atoms with Crippen molar-refractivity contribution in [2.45, 2.75) is 6.61 Å². The fraction of sp³-hybridized carbons (Fsp3) is 0.0769. The normalized spacial score (nSPS) is 10.3. The highest BCUT2D eigenvalue weighted by molar-refractivity contribution is 6.30. The molecule has 0 unspecified atom stereocenters. The second-order valence-electron chi connectivity index (χ2n) is 3.89. The molecule has 0 aliphatic rings. The van der Waals surface area contributed by atoms with Crippen molar-refractivity contribution in [1.82, 2.24) is 0 Å². The molecule has 0 amide bonds. The molecule has 0 aliphatic heterocycles. The van der Waals surface area contributed by atoms with E-state index in [2.05, 4.69) is 0 Å². The molecule has 0 radical (unpaired) electrons. The zero-order valence-electron chi connectivity index (χ0n) is 10.0. The van der Waals surface area contributed by atoms with Gasteiger partial charge in [-0.1, -0.05) is 17.7 Å². The van der Waals surface area contributed by atoms with Crippen LogP contribution < -0.4 is 4.74 Å². The van der Waals surface area contributed by atoms with E-state index in [1.807, 2.05) is 0 Å². The summed E-state index contributed by atoms with van der Waals surface area (Å²) < 4.78 is 18.9. The van der Waals surface area contributed by atoms with Crippen LogP contribution in [0.15, 0.2) is 36.4 Å². The molecule has 0 heterocycles. The monoisotopic (exact) mass is 297 g/mol. The first-order valence-corrected chi connectivity index (χ1v) is 5.90. The minimum Gasteiger partial charge on any atom is -0.447 e. The molecule has 104 valence electrons. The minimum atomic E-state index is -0.731. The maximum atomic E-state index is 13.7. The first kappa shape index (κ1) is 14.2. The number of benzene rings is 2. The van der Waals surface area contributed by atoms with Gasteiger partial charge in [0.2, 0.25) is 5.75 Å². The average Bonchev–Trinajstić information content (AvgIpc) is 2.40. The summed E-state index contributed by atoms with van der Waals surface area (Å²) in [5, 5.41) is 20.0. The van der Waals surface area contributed by atoms with Crippen LogP contribution in [0, 0.1) is 15.9 Å². The third kappa shape index (κ3) is 3.04. The van der Waals surface area contributed by atoms with E-state index in [9.17, 15) is 14.5 Å². The van der Waals surface area contributed by atoms with Crippen LogP contribution >= 0.6 is 11.6 Å². The number of nitrogens with zero attached hydrogens (tertiary/aromatic N) is 1. The zero-order chi connectivity index (χ0) is 14.7. The van der Waals surface area contributed by atoms with Gasteiger partial charge in [-0.3, -0.25) is 10.1 Å². The molecule has 0 atom stereocenters. The Balaban J connectivity index is 2.39. The summed E-state index contributed by atoms with van der Waals surface area (Å²) in [4.78, 5) is 10.2. The molecule has 2 aromatic rings. The molecule has 7 heteroatoms. The lowest BCUT2D eigenvalue weighted by Gasteiger charge is -2.08. The molecule has 0 spiro atoms. The van der Waals surface area contributed by atoms with E-state index >= 15 is 0 Å². The lowest BCUT2D eigenvalue weighted by Crippen LogP contribution is -1.95. The quantitative estimate of drug-likeness (QED) is 0.690. The smallest absolute Gasteiger partial charge is 0.311 e. The SMILES string of the molecule is O=[N+]([O-])c1ccc(Cl)cc1Oc1ccc(CO)cc1F. The van der Waals surface area contributed by atoms with E-state index in [1.165, 1.54) is 30.3 Å². The van der Waals surface area contributed by atoms with E-state index < -0.39 is 10.7 Å². The fourth-order valence-electron chi connectivity index (χ4n) is 1.56. The van der Waals surface area contributed by atoms with E-state index in [1.54, 1.807) is 0 Å². The Morgan fingerprint density at radius 3 is 2.60 bits per heavy atom. The third-order valence-electron chi connectivity index (χ3n) is 2.52.